The first kappa shape index (κ1) is 17.9. The molecular weight excluding hydrogens is 356 g/mol. The molecular formula is C17H22N4O2S2. The van der Waals surface area contributed by atoms with Gasteiger partial charge in [-0.1, -0.05) is 6.92 Å². The van der Waals surface area contributed by atoms with Crippen LogP contribution in [0.15, 0.2) is 6.20 Å². The normalized spacial score (nSPS) is 16.2. The van der Waals surface area contributed by atoms with Crippen LogP contribution in [-0.2, 0) is 24.6 Å². The van der Waals surface area contributed by atoms with Crippen LogP contribution in [0.3, 0.4) is 0 Å². The molecule has 2 aromatic heterocycles. The molecule has 0 aromatic carbocycles. The highest BCUT2D eigenvalue weighted by molar-refractivity contribution is 7.80. The number of hydrogen-bond acceptors (Lipinski definition) is 5. The Morgan fingerprint density at radius 3 is 2.88 bits per heavy atom. The molecule has 1 atom stereocenters. The summed E-state index contributed by atoms with van der Waals surface area (Å²) in [5.74, 6) is 0.322. The van der Waals surface area contributed by atoms with E-state index in [2.05, 4.69) is 22.7 Å². The zero-order valence-electron chi connectivity index (χ0n) is 14.8. The average molecular weight is 379 g/mol. The maximum Gasteiger partial charge on any atom is 0.341 e. The summed E-state index contributed by atoms with van der Waals surface area (Å²) in [7, 11) is 3.29. The maximum absolute atomic E-state index is 12.3. The van der Waals surface area contributed by atoms with Gasteiger partial charge in [-0.05, 0) is 49.9 Å². The van der Waals surface area contributed by atoms with Gasteiger partial charge in [0.1, 0.15) is 5.00 Å². The summed E-state index contributed by atoms with van der Waals surface area (Å²) in [6.45, 7) is 4.20. The van der Waals surface area contributed by atoms with Gasteiger partial charge in [0.05, 0.1) is 30.3 Å². The van der Waals surface area contributed by atoms with E-state index in [1.54, 1.807) is 22.2 Å². The summed E-state index contributed by atoms with van der Waals surface area (Å²) >= 11 is 7.03. The zero-order valence-corrected chi connectivity index (χ0v) is 16.4. The lowest BCUT2D eigenvalue weighted by atomic mass is 9.88. The molecule has 2 heterocycles. The van der Waals surface area contributed by atoms with E-state index in [1.807, 2.05) is 14.0 Å². The molecule has 1 aliphatic carbocycles. The molecule has 2 N–H and O–H groups in total. The molecule has 134 valence electrons. The van der Waals surface area contributed by atoms with Crippen molar-refractivity contribution in [3.63, 3.8) is 0 Å². The third-order valence-corrected chi connectivity index (χ3v) is 5.99. The highest BCUT2D eigenvalue weighted by atomic mass is 32.1. The fourth-order valence-electron chi connectivity index (χ4n) is 3.03. The molecule has 1 aliphatic rings. The number of nitrogens with one attached hydrogen (secondary N) is 2. The first-order chi connectivity index (χ1) is 11.9. The van der Waals surface area contributed by atoms with E-state index < -0.39 is 0 Å². The molecule has 3 rings (SSSR count). The summed E-state index contributed by atoms with van der Waals surface area (Å²) in [6.07, 6.45) is 4.71. The van der Waals surface area contributed by atoms with Crippen molar-refractivity contribution in [1.29, 1.82) is 0 Å². The van der Waals surface area contributed by atoms with Gasteiger partial charge in [0.2, 0.25) is 0 Å². The van der Waals surface area contributed by atoms with Gasteiger partial charge >= 0.3 is 5.97 Å². The lowest BCUT2D eigenvalue weighted by molar-refractivity contribution is 0.0601. The minimum Gasteiger partial charge on any atom is -0.465 e. The van der Waals surface area contributed by atoms with E-state index in [0.717, 1.165) is 41.2 Å². The van der Waals surface area contributed by atoms with E-state index in [1.165, 1.54) is 12.0 Å². The SMILES string of the molecule is COC(=O)c1c(NC(=S)Nc2cnn(C)c2C)sc2c1CCC(C)C2. The van der Waals surface area contributed by atoms with Crippen LogP contribution < -0.4 is 10.6 Å². The van der Waals surface area contributed by atoms with Crippen LogP contribution in [0.25, 0.3) is 0 Å². The number of esters is 1. The van der Waals surface area contributed by atoms with Crippen molar-refractivity contribution in [2.45, 2.75) is 33.1 Å². The van der Waals surface area contributed by atoms with Crippen LogP contribution in [0.2, 0.25) is 0 Å². The third kappa shape index (κ3) is 3.55. The molecule has 0 aliphatic heterocycles. The molecule has 0 saturated heterocycles. The molecule has 2 aromatic rings. The van der Waals surface area contributed by atoms with Gasteiger partial charge in [-0.3, -0.25) is 4.68 Å². The van der Waals surface area contributed by atoms with E-state index in [0.29, 0.717) is 16.6 Å². The second-order valence-corrected chi connectivity index (χ2v) is 7.91. The van der Waals surface area contributed by atoms with Crippen molar-refractivity contribution in [2.75, 3.05) is 17.7 Å². The second kappa shape index (κ2) is 7.13. The van der Waals surface area contributed by atoms with Crippen molar-refractivity contribution in [1.82, 2.24) is 9.78 Å². The first-order valence-electron chi connectivity index (χ1n) is 8.20. The van der Waals surface area contributed by atoms with Crippen LogP contribution in [-0.4, -0.2) is 28.0 Å². The number of nitrogens with zero attached hydrogens (tertiary/aromatic N) is 2. The smallest absolute Gasteiger partial charge is 0.341 e. The van der Waals surface area contributed by atoms with Gasteiger partial charge in [-0.25, -0.2) is 4.79 Å². The standard InChI is InChI=1S/C17H22N4O2S2/c1-9-5-6-11-13(7-9)25-15(14(11)16(22)23-4)20-17(24)19-12-8-18-21(3)10(12)2/h8-9H,5-7H2,1-4H3,(H2,19,20,24). The van der Waals surface area contributed by atoms with Crippen LogP contribution >= 0.6 is 23.6 Å². The Morgan fingerprint density at radius 2 is 2.24 bits per heavy atom. The Labute approximate surface area is 156 Å². The zero-order chi connectivity index (χ0) is 18.1. The molecule has 25 heavy (non-hydrogen) atoms. The molecule has 8 heteroatoms. The number of aryl methyl sites for hydroxylation is 1. The monoisotopic (exact) mass is 378 g/mol. The molecule has 0 bridgehead atoms. The second-order valence-electron chi connectivity index (χ2n) is 6.39. The highest BCUT2D eigenvalue weighted by Gasteiger charge is 2.28. The van der Waals surface area contributed by atoms with Gasteiger partial charge in [0, 0.05) is 11.9 Å². The number of methoxy groups -OCH3 is 1. The summed E-state index contributed by atoms with van der Waals surface area (Å²) in [4.78, 5) is 13.6. The van der Waals surface area contributed by atoms with Crippen molar-refractivity contribution < 1.29 is 9.53 Å². The number of rotatable bonds is 3. The van der Waals surface area contributed by atoms with E-state index >= 15 is 0 Å². The number of anilines is 2. The Hall–Kier alpha value is -1.93. The van der Waals surface area contributed by atoms with Gasteiger partial charge in [-0.2, -0.15) is 5.10 Å². The number of fused-ring (bicyclic) bond motifs is 1. The number of thiophene rings is 1. The Balaban J connectivity index is 1.85. The van der Waals surface area contributed by atoms with Crippen molar-refractivity contribution in [2.24, 2.45) is 13.0 Å². The third-order valence-electron chi connectivity index (χ3n) is 4.61. The van der Waals surface area contributed by atoms with Crippen molar-refractivity contribution in [3.8, 4) is 0 Å². The molecule has 0 radical (unpaired) electrons. The number of hydrogen-bond donors (Lipinski definition) is 2. The van der Waals surface area contributed by atoms with Crippen LogP contribution in [0.4, 0.5) is 10.7 Å². The summed E-state index contributed by atoms with van der Waals surface area (Å²) in [5, 5.41) is 11.7. The number of aromatic nitrogens is 2. The first-order valence-corrected chi connectivity index (χ1v) is 9.42. The van der Waals surface area contributed by atoms with Crippen molar-refractivity contribution >= 4 is 45.3 Å². The number of ether oxygens (including phenoxy) is 1. The summed E-state index contributed by atoms with van der Waals surface area (Å²) in [6, 6.07) is 0. The Morgan fingerprint density at radius 1 is 1.48 bits per heavy atom. The van der Waals surface area contributed by atoms with Gasteiger partial charge in [-0.15, -0.1) is 11.3 Å². The maximum atomic E-state index is 12.3. The summed E-state index contributed by atoms with van der Waals surface area (Å²) < 4.78 is 6.78. The van der Waals surface area contributed by atoms with E-state index in [9.17, 15) is 4.79 Å². The molecule has 0 spiro atoms. The fraction of sp³-hybridized carbons (Fsp3) is 0.471. The predicted molar refractivity (Wildman–Crippen MR) is 105 cm³/mol. The number of carbonyl (C=O) groups is 1. The van der Waals surface area contributed by atoms with Crippen molar-refractivity contribution in [3.05, 3.63) is 27.9 Å². The highest BCUT2D eigenvalue weighted by Crippen LogP contribution is 2.40. The minimum absolute atomic E-state index is 0.310. The van der Waals surface area contributed by atoms with E-state index in [4.69, 9.17) is 17.0 Å². The fourth-order valence-corrected chi connectivity index (χ4v) is 4.71. The molecule has 1 unspecified atom stereocenters. The molecule has 6 nitrogen and oxygen atoms in total. The Bertz CT molecular complexity index is 825. The van der Waals surface area contributed by atoms with E-state index in [-0.39, 0.29) is 5.97 Å². The molecule has 0 fully saturated rings. The van der Waals surface area contributed by atoms with Crippen LogP contribution in [0, 0.1) is 12.8 Å². The Kier molecular flexibility index (Phi) is 5.10. The largest absolute Gasteiger partial charge is 0.465 e. The molecule has 0 saturated carbocycles. The quantitative estimate of drug-likeness (QED) is 0.629. The average Bonchev–Trinajstić information content (AvgIpc) is 3.07. The summed E-state index contributed by atoms with van der Waals surface area (Å²) in [5.41, 5.74) is 3.56. The van der Waals surface area contributed by atoms with Gasteiger partial charge in [0.15, 0.2) is 5.11 Å². The van der Waals surface area contributed by atoms with Crippen LogP contribution in [0.1, 0.15) is 39.8 Å². The van der Waals surface area contributed by atoms with Crippen LogP contribution in [0.5, 0.6) is 0 Å². The van der Waals surface area contributed by atoms with Gasteiger partial charge in [0.25, 0.3) is 0 Å². The predicted octanol–water partition coefficient (Wildman–Crippen LogP) is 3.51. The van der Waals surface area contributed by atoms with Gasteiger partial charge < -0.3 is 15.4 Å². The lowest BCUT2D eigenvalue weighted by Crippen LogP contribution is -2.20. The topological polar surface area (TPSA) is 68.2 Å². The minimum atomic E-state index is -0.310. The lowest BCUT2D eigenvalue weighted by Gasteiger charge is -2.18. The number of thiocarbonyl (C=S) groups is 1. The molecule has 0 amide bonds. The number of carbonyl (C=O) groups excluding carboxylic acids is 1.